The summed E-state index contributed by atoms with van der Waals surface area (Å²) >= 11 is 1.79. The normalized spacial score (nSPS) is 14.9. The molecule has 0 aliphatic heterocycles. The molecule has 16 heteroatoms. The van der Waals surface area contributed by atoms with Gasteiger partial charge in [-0.1, -0.05) is 74.6 Å². The minimum absolute atomic E-state index is 0. The maximum absolute atomic E-state index is 13.2. The average Bonchev–Trinajstić information content (AvgIpc) is 4.05. The standard InChI is InChI=1S/2C23H19F6.C4H10Si.2ClH.Zr/c2*24-22(25,26)18-11-17(12-19(13-18)23(27,28)29)20-7-3-6-16-9-15(10-21(16)20)8-14-4-1-2-5-14;1-3-4-5-2;;;/h2*3,6-7,9-14H,1-2,4-5,8H2;3-4H2,1-2H3;2*1H;/q2*-1;;;;+2/p-2. The molecule has 0 atom stereocenters. The summed E-state index contributed by atoms with van der Waals surface area (Å²) in [5.74, 6) is 1.20. The predicted molar refractivity (Wildman–Crippen MR) is 228 cm³/mol. The third kappa shape index (κ3) is 14.7. The van der Waals surface area contributed by atoms with Crippen LogP contribution in [0, 0.1) is 11.8 Å². The van der Waals surface area contributed by atoms with Crippen LogP contribution < -0.4 is 24.8 Å². The van der Waals surface area contributed by atoms with Crippen molar-refractivity contribution in [3.63, 3.8) is 0 Å². The fourth-order valence-electron chi connectivity index (χ4n) is 9.02. The van der Waals surface area contributed by atoms with Gasteiger partial charge in [0.2, 0.25) is 0 Å². The van der Waals surface area contributed by atoms with Crippen molar-refractivity contribution in [1.82, 2.24) is 0 Å². The van der Waals surface area contributed by atoms with Gasteiger partial charge in [-0.05, 0) is 72.2 Å². The van der Waals surface area contributed by atoms with E-state index in [1.54, 1.807) is 47.6 Å². The Labute approximate surface area is 404 Å². The largest absolute Gasteiger partial charge is 1.00 e. The Kier molecular flexibility index (Phi) is 19.4. The second kappa shape index (κ2) is 23.0. The molecule has 2 aliphatic carbocycles. The molecule has 0 spiro atoms. The number of halogens is 14. The Bertz CT molecular complexity index is 2300. The molecule has 0 N–H and O–H groups in total. The van der Waals surface area contributed by atoms with Crippen LogP contribution in [0.4, 0.5) is 52.7 Å². The molecule has 66 heavy (non-hydrogen) atoms. The van der Waals surface area contributed by atoms with Gasteiger partial charge >= 0.3 is 79.4 Å². The summed E-state index contributed by atoms with van der Waals surface area (Å²) in [5.41, 5.74) is -2.18. The van der Waals surface area contributed by atoms with Gasteiger partial charge in [0.15, 0.2) is 0 Å². The van der Waals surface area contributed by atoms with Crippen LogP contribution in [-0.2, 0) is 60.9 Å². The molecular formula is C50H48Cl2F12SiZr-2. The molecule has 0 nitrogen and oxygen atoms in total. The second-order valence-corrected chi connectivity index (χ2v) is 25.5. The fourth-order valence-corrected chi connectivity index (χ4v) is 11.6. The Morgan fingerprint density at radius 3 is 1.09 bits per heavy atom. The summed E-state index contributed by atoms with van der Waals surface area (Å²) in [4.78, 5) is 0. The average molecular weight is 1070 g/mol. The molecule has 0 saturated heterocycles. The van der Waals surface area contributed by atoms with Crippen LogP contribution in [0.1, 0.15) is 98.1 Å². The Morgan fingerprint density at radius 1 is 0.515 bits per heavy atom. The van der Waals surface area contributed by atoms with Crippen LogP contribution in [0.15, 0.2) is 97.1 Å². The first kappa shape index (κ1) is 55.5. The summed E-state index contributed by atoms with van der Waals surface area (Å²) in [5, 5.41) is 3.05. The number of rotatable bonds is 8. The molecule has 2 saturated carbocycles. The monoisotopic (exact) mass is 1060 g/mol. The van der Waals surface area contributed by atoms with Gasteiger partial charge in [-0.3, -0.25) is 0 Å². The zero-order chi connectivity index (χ0) is 46.6. The van der Waals surface area contributed by atoms with Crippen LogP contribution in [-0.4, -0.2) is 5.43 Å². The van der Waals surface area contributed by atoms with Gasteiger partial charge < -0.3 is 24.8 Å². The molecule has 0 amide bonds. The van der Waals surface area contributed by atoms with Crippen molar-refractivity contribution < 1.29 is 101 Å². The Hall–Kier alpha value is -3.06. The van der Waals surface area contributed by atoms with Gasteiger partial charge in [0.25, 0.3) is 0 Å². The molecule has 8 rings (SSSR count). The van der Waals surface area contributed by atoms with E-state index >= 15 is 0 Å². The first-order valence-corrected chi connectivity index (χ1v) is 27.4. The van der Waals surface area contributed by atoms with E-state index in [9.17, 15) is 52.7 Å². The minimum Gasteiger partial charge on any atom is -1.00 e. The molecule has 0 bridgehead atoms. The fraction of sp³-hybridized carbons (Fsp3) is 0.400. The topological polar surface area (TPSA) is 0 Å². The van der Waals surface area contributed by atoms with E-state index in [0.29, 0.717) is 33.7 Å². The van der Waals surface area contributed by atoms with Crippen LogP contribution in [0.2, 0.25) is 12.6 Å². The SMILES string of the molecule is CCC[Si](C)=[Zr+2].FC(F)(F)c1cc(-c2cccc3[cH-]c(CC4CCCC4)cc23)cc(C(F)(F)F)c1.FC(F)(F)c1cc(-c2cccc3[cH-]c(CC4CCCC4)cc23)cc(C(F)(F)F)c1.[Cl-].[Cl-]. The number of benzene rings is 4. The van der Waals surface area contributed by atoms with Crippen LogP contribution in [0.5, 0.6) is 0 Å². The van der Waals surface area contributed by atoms with Gasteiger partial charge in [-0.25, -0.2) is 0 Å². The van der Waals surface area contributed by atoms with Gasteiger partial charge in [0, 0.05) is 0 Å². The van der Waals surface area contributed by atoms with Crippen LogP contribution >= 0.6 is 0 Å². The van der Waals surface area contributed by atoms with Crippen molar-refractivity contribution >= 4 is 27.0 Å². The summed E-state index contributed by atoms with van der Waals surface area (Å²) in [7, 11) is 0. The van der Waals surface area contributed by atoms with Crippen molar-refractivity contribution in [1.29, 1.82) is 0 Å². The van der Waals surface area contributed by atoms with Crippen molar-refractivity contribution in [2.24, 2.45) is 11.8 Å². The molecule has 0 aromatic heterocycles. The predicted octanol–water partition coefficient (Wildman–Crippen LogP) is 11.6. The number of hydrogen-bond acceptors (Lipinski definition) is 0. The molecule has 2 fully saturated rings. The summed E-state index contributed by atoms with van der Waals surface area (Å²) < 4.78 is 159. The van der Waals surface area contributed by atoms with Gasteiger partial charge in [0.1, 0.15) is 0 Å². The molecule has 6 aromatic carbocycles. The Morgan fingerprint density at radius 2 is 0.833 bits per heavy atom. The van der Waals surface area contributed by atoms with E-state index < -0.39 is 47.0 Å². The van der Waals surface area contributed by atoms with E-state index in [4.69, 9.17) is 0 Å². The third-order valence-corrected chi connectivity index (χ3v) is 15.1. The first-order chi connectivity index (χ1) is 30.0. The molecular weight excluding hydrogens is 1020 g/mol. The number of hydrogen-bond donors (Lipinski definition) is 0. The van der Waals surface area contributed by atoms with E-state index in [2.05, 4.69) is 13.5 Å². The number of alkyl halides is 12. The van der Waals surface area contributed by atoms with Crippen LogP contribution in [0.3, 0.4) is 0 Å². The number of fused-ring (bicyclic) bond motifs is 2. The summed E-state index contributed by atoms with van der Waals surface area (Å²) in [6.45, 7) is 4.66. The first-order valence-electron chi connectivity index (χ1n) is 21.5. The van der Waals surface area contributed by atoms with Crippen molar-refractivity contribution in [2.75, 3.05) is 0 Å². The summed E-state index contributed by atoms with van der Waals surface area (Å²) in [6.07, 6.45) is -6.75. The molecule has 6 aromatic rings. The Balaban J connectivity index is 0.000000250. The third-order valence-electron chi connectivity index (χ3n) is 12.0. The van der Waals surface area contributed by atoms with E-state index in [1.165, 1.54) is 38.1 Å². The van der Waals surface area contributed by atoms with Crippen LogP contribution in [0.25, 0.3) is 43.8 Å². The zero-order valence-electron chi connectivity index (χ0n) is 36.2. The molecule has 0 radical (unpaired) electrons. The minimum atomic E-state index is -4.86. The molecule has 2 aliphatic rings. The maximum atomic E-state index is 13.2. The van der Waals surface area contributed by atoms with E-state index in [-0.39, 0.29) is 53.5 Å². The van der Waals surface area contributed by atoms with E-state index in [0.717, 1.165) is 84.7 Å². The molecule has 356 valence electrons. The van der Waals surface area contributed by atoms with E-state index in [1.807, 2.05) is 36.4 Å². The quantitative estimate of drug-likeness (QED) is 0.0810. The smallest absolute Gasteiger partial charge is 0.416 e. The molecule has 0 heterocycles. The molecule has 0 unspecified atom stereocenters. The maximum Gasteiger partial charge on any atom is 0.416 e. The van der Waals surface area contributed by atoms with Crippen molar-refractivity contribution in [3.8, 4) is 22.3 Å². The van der Waals surface area contributed by atoms with Crippen molar-refractivity contribution in [3.05, 3.63) is 130 Å². The van der Waals surface area contributed by atoms with Gasteiger partial charge in [-0.15, -0.1) is 69.1 Å². The second-order valence-electron chi connectivity index (χ2n) is 17.2. The van der Waals surface area contributed by atoms with Gasteiger partial charge in [0.05, 0.1) is 22.3 Å². The van der Waals surface area contributed by atoms with Crippen molar-refractivity contribution in [2.45, 2.75) is 115 Å². The van der Waals surface area contributed by atoms with Gasteiger partial charge in [-0.2, -0.15) is 64.8 Å². The summed E-state index contributed by atoms with van der Waals surface area (Å²) in [6, 6.07) is 23.1. The zero-order valence-corrected chi connectivity index (χ0v) is 41.1.